The van der Waals surface area contributed by atoms with E-state index in [9.17, 15) is 0 Å². The van der Waals surface area contributed by atoms with Gasteiger partial charge in [0.05, 0.1) is 0 Å². The van der Waals surface area contributed by atoms with E-state index in [-0.39, 0.29) is 0 Å². The summed E-state index contributed by atoms with van der Waals surface area (Å²) in [5, 5.41) is 2.78. The summed E-state index contributed by atoms with van der Waals surface area (Å²) in [6.07, 6.45) is 0. The predicted octanol–water partition coefficient (Wildman–Crippen LogP) is -1.22. The molecule has 1 aliphatic heterocycles. The van der Waals surface area contributed by atoms with Crippen LogP contribution in [0, 0.1) is 0 Å². The molecule has 0 aromatic carbocycles. The summed E-state index contributed by atoms with van der Waals surface area (Å²) in [6.45, 7) is 0.517. The molecule has 3 N–H and O–H groups in total. The fraction of sp³-hybridized carbons (Fsp3) is 0.600. The Labute approximate surface area is 59.6 Å². The van der Waals surface area contributed by atoms with Crippen LogP contribution in [0.1, 0.15) is 0 Å². The third-order valence-corrected chi connectivity index (χ3v) is 1.10. The second-order valence-electron chi connectivity index (χ2n) is 2.18. The molecule has 0 amide bonds. The summed E-state index contributed by atoms with van der Waals surface area (Å²) in [5.74, 6) is 1.09. The van der Waals surface area contributed by atoms with Gasteiger partial charge in [-0.25, -0.2) is 4.99 Å². The fourth-order valence-corrected chi connectivity index (χ4v) is 0.615. The van der Waals surface area contributed by atoms with Crippen molar-refractivity contribution in [1.82, 2.24) is 10.2 Å². The zero-order chi connectivity index (χ0) is 7.56. The number of nitrogens with zero attached hydrogens (tertiary/aromatic N) is 3. The molecule has 0 saturated heterocycles. The molecule has 0 fully saturated rings. The van der Waals surface area contributed by atoms with Crippen molar-refractivity contribution in [1.29, 1.82) is 0 Å². The van der Waals surface area contributed by atoms with Crippen LogP contribution >= 0.6 is 0 Å². The van der Waals surface area contributed by atoms with Gasteiger partial charge in [-0.2, -0.15) is 4.99 Å². The molecule has 0 aromatic rings. The van der Waals surface area contributed by atoms with Gasteiger partial charge in [0.2, 0.25) is 5.96 Å². The van der Waals surface area contributed by atoms with Crippen LogP contribution in [0.25, 0.3) is 0 Å². The normalized spacial score (nSPS) is 17.0. The van der Waals surface area contributed by atoms with Crippen molar-refractivity contribution >= 4 is 11.9 Å². The van der Waals surface area contributed by atoms with Gasteiger partial charge in [-0.1, -0.05) is 0 Å². The van der Waals surface area contributed by atoms with Crippen molar-refractivity contribution in [3.8, 4) is 0 Å². The minimum absolute atomic E-state index is 0.429. The largest absolute Gasteiger partial charge is 0.370 e. The highest BCUT2D eigenvalue weighted by molar-refractivity contribution is 5.95. The van der Waals surface area contributed by atoms with Crippen LogP contribution in [-0.4, -0.2) is 37.6 Å². The van der Waals surface area contributed by atoms with Crippen molar-refractivity contribution in [3.05, 3.63) is 0 Å². The minimum atomic E-state index is 0.429. The van der Waals surface area contributed by atoms with Gasteiger partial charge in [0.15, 0.2) is 5.96 Å². The summed E-state index contributed by atoms with van der Waals surface area (Å²) in [5.41, 5.74) is 5.39. The lowest BCUT2D eigenvalue weighted by molar-refractivity contribution is 0.603. The lowest BCUT2D eigenvalue weighted by Crippen LogP contribution is -2.38. The van der Waals surface area contributed by atoms with E-state index in [2.05, 4.69) is 15.3 Å². The molecule has 5 heteroatoms. The second-order valence-corrected chi connectivity index (χ2v) is 2.18. The van der Waals surface area contributed by atoms with Crippen molar-refractivity contribution < 1.29 is 0 Å². The summed E-state index contributed by atoms with van der Waals surface area (Å²) in [4.78, 5) is 9.80. The van der Waals surface area contributed by atoms with Gasteiger partial charge in [0, 0.05) is 14.1 Å². The number of rotatable bonds is 0. The number of nitrogens with one attached hydrogen (secondary N) is 1. The highest BCUT2D eigenvalue weighted by atomic mass is 15.3. The highest BCUT2D eigenvalue weighted by Gasteiger charge is 2.04. The quantitative estimate of drug-likeness (QED) is 0.444. The number of nitrogens with two attached hydrogens (primary N) is 1. The van der Waals surface area contributed by atoms with Crippen LogP contribution < -0.4 is 11.1 Å². The van der Waals surface area contributed by atoms with Crippen LogP contribution in [0.4, 0.5) is 0 Å². The van der Waals surface area contributed by atoms with E-state index in [1.807, 2.05) is 19.0 Å². The van der Waals surface area contributed by atoms with E-state index in [1.54, 1.807) is 0 Å². The Hall–Kier alpha value is -1.26. The van der Waals surface area contributed by atoms with E-state index >= 15 is 0 Å². The molecule has 0 unspecified atom stereocenters. The molecule has 1 heterocycles. The third kappa shape index (κ3) is 1.37. The van der Waals surface area contributed by atoms with Gasteiger partial charge >= 0.3 is 0 Å². The first kappa shape index (κ1) is 6.85. The maximum absolute atomic E-state index is 5.39. The molecule has 5 nitrogen and oxygen atoms in total. The first-order valence-corrected chi connectivity index (χ1v) is 3.00. The Kier molecular flexibility index (Phi) is 1.75. The first-order valence-electron chi connectivity index (χ1n) is 3.00. The van der Waals surface area contributed by atoms with Crippen LogP contribution in [0.3, 0.4) is 0 Å². The molecule has 1 aliphatic rings. The molecule has 0 aliphatic carbocycles. The smallest absolute Gasteiger partial charge is 0.225 e. The number of guanidine groups is 2. The standard InChI is InChI=1S/C5H11N5/c1-10(2)5-8-3-7-4(6)9-5/h3H2,1-2H3,(H3,6,7,8,9). The van der Waals surface area contributed by atoms with Crippen LogP contribution in [0.5, 0.6) is 0 Å². The number of hydrogen-bond acceptors (Lipinski definition) is 5. The van der Waals surface area contributed by atoms with Crippen molar-refractivity contribution in [2.24, 2.45) is 15.7 Å². The van der Waals surface area contributed by atoms with Gasteiger partial charge in [0.25, 0.3) is 0 Å². The third-order valence-electron chi connectivity index (χ3n) is 1.10. The second kappa shape index (κ2) is 2.55. The fourth-order valence-electron chi connectivity index (χ4n) is 0.615. The Morgan fingerprint density at radius 2 is 2.30 bits per heavy atom. The van der Waals surface area contributed by atoms with Gasteiger partial charge in [-0.15, -0.1) is 0 Å². The van der Waals surface area contributed by atoms with E-state index in [4.69, 9.17) is 5.73 Å². The molecule has 0 aromatic heterocycles. The lowest BCUT2D eigenvalue weighted by Gasteiger charge is -2.15. The van der Waals surface area contributed by atoms with E-state index < -0.39 is 0 Å². The molecule has 0 bridgehead atoms. The molecule has 56 valence electrons. The van der Waals surface area contributed by atoms with Gasteiger partial charge in [0.1, 0.15) is 6.67 Å². The van der Waals surface area contributed by atoms with Crippen molar-refractivity contribution in [3.63, 3.8) is 0 Å². The van der Waals surface area contributed by atoms with Gasteiger partial charge in [-0.3, -0.25) is 0 Å². The van der Waals surface area contributed by atoms with Crippen molar-refractivity contribution in [2.45, 2.75) is 0 Å². The molecular weight excluding hydrogens is 130 g/mol. The molecule has 0 spiro atoms. The maximum Gasteiger partial charge on any atom is 0.225 e. The lowest BCUT2D eigenvalue weighted by atomic mass is 10.7. The van der Waals surface area contributed by atoms with E-state index in [1.165, 1.54) is 0 Å². The van der Waals surface area contributed by atoms with E-state index in [0.29, 0.717) is 18.6 Å². The molecule has 1 rings (SSSR count). The zero-order valence-electron chi connectivity index (χ0n) is 6.13. The Morgan fingerprint density at radius 3 is 2.70 bits per heavy atom. The predicted molar refractivity (Wildman–Crippen MR) is 40.7 cm³/mol. The highest BCUT2D eigenvalue weighted by Crippen LogP contribution is 1.89. The summed E-state index contributed by atoms with van der Waals surface area (Å²) >= 11 is 0. The topological polar surface area (TPSA) is 66.0 Å². The van der Waals surface area contributed by atoms with Gasteiger partial charge in [-0.05, 0) is 0 Å². The van der Waals surface area contributed by atoms with Gasteiger partial charge < -0.3 is 16.0 Å². The zero-order valence-corrected chi connectivity index (χ0v) is 6.13. The van der Waals surface area contributed by atoms with E-state index in [0.717, 1.165) is 0 Å². The average Bonchev–Trinajstić information content (AvgIpc) is 1.88. The number of hydrogen-bond donors (Lipinski definition) is 2. The number of aliphatic imine (C=N–C) groups is 2. The first-order chi connectivity index (χ1) is 4.70. The maximum atomic E-state index is 5.39. The molecule has 0 radical (unpaired) electrons. The Morgan fingerprint density at radius 1 is 1.60 bits per heavy atom. The van der Waals surface area contributed by atoms with Crippen LogP contribution in [-0.2, 0) is 0 Å². The Balaban J connectivity index is 2.69. The monoisotopic (exact) mass is 141 g/mol. The SMILES string of the molecule is CN(C)C1=NCNC(N)=N1. The average molecular weight is 141 g/mol. The molecule has 10 heavy (non-hydrogen) atoms. The molecule has 0 atom stereocenters. The van der Waals surface area contributed by atoms with Crippen LogP contribution in [0.2, 0.25) is 0 Å². The van der Waals surface area contributed by atoms with Crippen LogP contribution in [0.15, 0.2) is 9.98 Å². The summed E-state index contributed by atoms with van der Waals surface area (Å²) in [6, 6.07) is 0. The summed E-state index contributed by atoms with van der Waals surface area (Å²) < 4.78 is 0. The van der Waals surface area contributed by atoms with Crippen molar-refractivity contribution in [2.75, 3.05) is 20.8 Å². The minimum Gasteiger partial charge on any atom is -0.370 e. The summed E-state index contributed by atoms with van der Waals surface area (Å²) in [7, 11) is 3.75. The molecular formula is C5H11N5. The Bertz CT molecular complexity index is 180. The molecule has 0 saturated carbocycles.